The molecule has 0 fully saturated rings. The molecule has 8 heteroatoms. The number of aryl methyl sites for hydroxylation is 2. The monoisotopic (exact) mass is 406 g/mol. The molecule has 0 radical (unpaired) electrons. The van der Waals surface area contributed by atoms with E-state index in [1.54, 1.807) is 6.07 Å². The van der Waals surface area contributed by atoms with E-state index in [2.05, 4.69) is 34.6 Å². The van der Waals surface area contributed by atoms with E-state index in [1.165, 1.54) is 12.1 Å². The van der Waals surface area contributed by atoms with E-state index in [1.807, 2.05) is 18.5 Å². The molecule has 2 aromatic rings. The van der Waals surface area contributed by atoms with E-state index in [4.69, 9.17) is 16.6 Å². The summed E-state index contributed by atoms with van der Waals surface area (Å²) in [5, 5.41) is 11.7. The van der Waals surface area contributed by atoms with Gasteiger partial charge in [0.2, 0.25) is 0 Å². The first kappa shape index (κ1) is 20.6. The molecule has 1 aromatic carbocycles. The van der Waals surface area contributed by atoms with Gasteiger partial charge in [0.05, 0.1) is 13.1 Å². The molecule has 0 spiro atoms. The lowest BCUT2D eigenvalue weighted by Gasteiger charge is -2.27. The Bertz CT molecular complexity index is 860. The maximum Gasteiger partial charge on any atom is 0.191 e. The number of halogens is 2. The number of benzene rings is 1. The third-order valence-electron chi connectivity index (χ3n) is 4.94. The van der Waals surface area contributed by atoms with Gasteiger partial charge in [-0.1, -0.05) is 31.5 Å². The summed E-state index contributed by atoms with van der Waals surface area (Å²) >= 11 is 6.26. The molecule has 1 aliphatic heterocycles. The fraction of sp³-hybridized carbons (Fsp3) is 0.550. The Morgan fingerprint density at radius 3 is 2.93 bits per heavy atom. The van der Waals surface area contributed by atoms with Gasteiger partial charge in [-0.25, -0.2) is 14.1 Å². The van der Waals surface area contributed by atoms with E-state index < -0.39 is 0 Å². The number of nitrogens with one attached hydrogen (secondary N) is 2. The van der Waals surface area contributed by atoms with Gasteiger partial charge in [0, 0.05) is 29.4 Å². The quantitative estimate of drug-likeness (QED) is 0.591. The summed E-state index contributed by atoms with van der Waals surface area (Å²) in [6, 6.07) is 4.77. The number of rotatable bonds is 5. The Balaban J connectivity index is 1.70. The zero-order chi connectivity index (χ0) is 20.3. The van der Waals surface area contributed by atoms with E-state index in [0.717, 1.165) is 49.1 Å². The van der Waals surface area contributed by atoms with Crippen LogP contribution in [0.5, 0.6) is 0 Å². The average molecular weight is 407 g/mol. The van der Waals surface area contributed by atoms with E-state index >= 15 is 0 Å². The molecule has 2 heterocycles. The molecule has 2 N–H and O–H groups in total. The Kier molecular flexibility index (Phi) is 6.23. The van der Waals surface area contributed by atoms with Crippen LogP contribution >= 0.6 is 11.6 Å². The molecule has 1 aliphatic rings. The molecule has 0 saturated carbocycles. The Labute approximate surface area is 170 Å². The molecule has 1 unspecified atom stereocenters. The summed E-state index contributed by atoms with van der Waals surface area (Å²) in [7, 11) is 0. The number of fused-ring (bicyclic) bond motifs is 1. The molecule has 3 rings (SSSR count). The maximum absolute atomic E-state index is 13.4. The molecule has 0 bridgehead atoms. The highest BCUT2D eigenvalue weighted by Gasteiger charge is 2.25. The molecular formula is C20H28ClFN6. The third-order valence-corrected chi connectivity index (χ3v) is 5.25. The number of aliphatic imine (C=N–C) groups is 1. The van der Waals surface area contributed by atoms with Gasteiger partial charge in [0.15, 0.2) is 5.96 Å². The van der Waals surface area contributed by atoms with Crippen LogP contribution < -0.4 is 10.6 Å². The first-order valence-electron chi connectivity index (χ1n) is 9.69. The van der Waals surface area contributed by atoms with Crippen LogP contribution in [0.2, 0.25) is 5.02 Å². The van der Waals surface area contributed by atoms with Crippen molar-refractivity contribution in [3.8, 4) is 0 Å². The first-order chi connectivity index (χ1) is 13.3. The Morgan fingerprint density at radius 1 is 1.43 bits per heavy atom. The lowest BCUT2D eigenvalue weighted by molar-refractivity contribution is 0.391. The fourth-order valence-corrected chi connectivity index (χ4v) is 3.89. The Morgan fingerprint density at radius 2 is 2.21 bits per heavy atom. The fourth-order valence-electron chi connectivity index (χ4n) is 3.47. The highest BCUT2D eigenvalue weighted by Crippen LogP contribution is 2.30. The van der Waals surface area contributed by atoms with Crippen LogP contribution in [0.25, 0.3) is 0 Å². The molecule has 0 aliphatic carbocycles. The minimum atomic E-state index is -0.330. The van der Waals surface area contributed by atoms with Crippen LogP contribution in [0.4, 0.5) is 4.39 Å². The maximum atomic E-state index is 13.4. The largest absolute Gasteiger partial charge is 0.357 e. The van der Waals surface area contributed by atoms with Crippen LogP contribution in [-0.4, -0.2) is 39.9 Å². The number of hydrogen-bond acceptors (Lipinski definition) is 3. The number of hydrogen-bond donors (Lipinski definition) is 2. The second-order valence-electron chi connectivity index (χ2n) is 7.84. The second kappa shape index (κ2) is 8.47. The van der Waals surface area contributed by atoms with Crippen molar-refractivity contribution in [3.05, 3.63) is 46.3 Å². The van der Waals surface area contributed by atoms with Crippen molar-refractivity contribution in [3.63, 3.8) is 0 Å². The van der Waals surface area contributed by atoms with Gasteiger partial charge in [-0.2, -0.15) is 5.10 Å². The summed E-state index contributed by atoms with van der Waals surface area (Å²) in [6.45, 7) is 10.1. The van der Waals surface area contributed by atoms with Crippen molar-refractivity contribution >= 4 is 17.6 Å². The highest BCUT2D eigenvalue weighted by molar-refractivity contribution is 6.31. The van der Waals surface area contributed by atoms with E-state index in [-0.39, 0.29) is 17.3 Å². The summed E-state index contributed by atoms with van der Waals surface area (Å²) in [5.41, 5.74) is 0.561. The summed E-state index contributed by atoms with van der Waals surface area (Å²) in [6.07, 6.45) is 1.88. The van der Waals surface area contributed by atoms with Crippen LogP contribution in [0, 0.1) is 12.7 Å². The van der Waals surface area contributed by atoms with Crippen LogP contribution in [-0.2, 0) is 18.4 Å². The predicted octanol–water partition coefficient (Wildman–Crippen LogP) is 3.23. The molecule has 6 nitrogen and oxygen atoms in total. The van der Waals surface area contributed by atoms with Crippen molar-refractivity contribution in [2.45, 2.75) is 58.5 Å². The van der Waals surface area contributed by atoms with Crippen molar-refractivity contribution in [1.29, 1.82) is 0 Å². The molecule has 0 amide bonds. The smallest absolute Gasteiger partial charge is 0.191 e. The summed E-state index contributed by atoms with van der Waals surface area (Å²) < 4.78 is 15.3. The minimum Gasteiger partial charge on any atom is -0.357 e. The lowest BCUT2D eigenvalue weighted by Crippen LogP contribution is -2.47. The predicted molar refractivity (Wildman–Crippen MR) is 110 cm³/mol. The number of guanidine groups is 1. The highest BCUT2D eigenvalue weighted by atomic mass is 35.5. The summed E-state index contributed by atoms with van der Waals surface area (Å²) in [5.74, 6) is 2.29. The van der Waals surface area contributed by atoms with E-state index in [9.17, 15) is 4.39 Å². The van der Waals surface area contributed by atoms with Crippen LogP contribution in [0.1, 0.15) is 44.4 Å². The summed E-state index contributed by atoms with van der Waals surface area (Å²) in [4.78, 5) is 9.23. The molecule has 1 atom stereocenters. The van der Waals surface area contributed by atoms with Crippen molar-refractivity contribution < 1.29 is 4.39 Å². The molecule has 28 heavy (non-hydrogen) atoms. The normalized spacial score (nSPS) is 17.4. The molecular weight excluding hydrogens is 379 g/mol. The van der Waals surface area contributed by atoms with Crippen LogP contribution in [0.15, 0.2) is 23.2 Å². The van der Waals surface area contributed by atoms with Gasteiger partial charge in [-0.05, 0) is 38.0 Å². The van der Waals surface area contributed by atoms with Crippen LogP contribution in [0.3, 0.4) is 0 Å². The van der Waals surface area contributed by atoms with Crippen molar-refractivity contribution in [1.82, 2.24) is 25.4 Å². The number of aromatic nitrogens is 3. The first-order valence-corrected chi connectivity index (χ1v) is 10.1. The topological polar surface area (TPSA) is 67.1 Å². The SMILES string of the molecule is CCNC(=NCC(C)(C)c1ccc(F)cc1Cl)NC1CCc2nc(C)nn2C1. The second-order valence-corrected chi connectivity index (χ2v) is 8.25. The minimum absolute atomic E-state index is 0.240. The zero-order valence-corrected chi connectivity index (χ0v) is 17.6. The zero-order valence-electron chi connectivity index (χ0n) is 16.9. The number of nitrogens with zero attached hydrogens (tertiary/aromatic N) is 4. The van der Waals surface area contributed by atoms with Gasteiger partial charge in [-0.3, -0.25) is 4.99 Å². The van der Waals surface area contributed by atoms with E-state index in [0.29, 0.717) is 11.6 Å². The van der Waals surface area contributed by atoms with Gasteiger partial charge >= 0.3 is 0 Å². The van der Waals surface area contributed by atoms with Crippen molar-refractivity contribution in [2.24, 2.45) is 4.99 Å². The Hall–Kier alpha value is -2.15. The van der Waals surface area contributed by atoms with Gasteiger partial charge < -0.3 is 10.6 Å². The third kappa shape index (κ3) is 4.82. The molecule has 152 valence electrons. The lowest BCUT2D eigenvalue weighted by atomic mass is 9.84. The average Bonchev–Trinajstić information content (AvgIpc) is 2.99. The van der Waals surface area contributed by atoms with Gasteiger partial charge in [0.1, 0.15) is 17.5 Å². The molecule has 1 aromatic heterocycles. The standard InChI is InChI=1S/C20H28ClFN6/c1-5-23-19(26-15-7-9-18-25-13(2)27-28(18)11-15)24-12-20(3,4)16-8-6-14(22)10-17(16)21/h6,8,10,15H,5,7,9,11-12H2,1-4H3,(H2,23,24,26). The van der Waals surface area contributed by atoms with Gasteiger partial charge in [0.25, 0.3) is 0 Å². The molecule has 0 saturated heterocycles. The van der Waals surface area contributed by atoms with Gasteiger partial charge in [-0.15, -0.1) is 0 Å². The van der Waals surface area contributed by atoms with Crippen molar-refractivity contribution in [2.75, 3.05) is 13.1 Å².